The van der Waals surface area contributed by atoms with Gasteiger partial charge in [-0.2, -0.15) is 5.26 Å². The molecule has 1 saturated heterocycles. The Kier molecular flexibility index (Phi) is 5.89. The molecule has 1 fully saturated rings. The van der Waals surface area contributed by atoms with Crippen LogP contribution in [0.15, 0.2) is 41.0 Å². The van der Waals surface area contributed by atoms with Crippen molar-refractivity contribution in [2.45, 2.75) is 32.7 Å². The van der Waals surface area contributed by atoms with Crippen molar-refractivity contribution in [2.24, 2.45) is 0 Å². The monoisotopic (exact) mass is 414 g/mol. The summed E-state index contributed by atoms with van der Waals surface area (Å²) in [4.78, 5) is 26.7. The van der Waals surface area contributed by atoms with Crippen LogP contribution >= 0.6 is 0 Å². The van der Waals surface area contributed by atoms with E-state index < -0.39 is 27.7 Å². The van der Waals surface area contributed by atoms with Crippen LogP contribution in [0.4, 0.5) is 0 Å². The van der Waals surface area contributed by atoms with Crippen LogP contribution in [0.1, 0.15) is 32.3 Å². The third-order valence-corrected chi connectivity index (χ3v) is 6.76. The van der Waals surface area contributed by atoms with E-state index in [0.717, 1.165) is 11.3 Å². The van der Waals surface area contributed by atoms with Crippen molar-refractivity contribution in [1.82, 2.24) is 4.90 Å². The number of hydrogen-bond donors (Lipinski definition) is 0. The molecule has 152 valence electrons. The maximum Gasteiger partial charge on any atom is 0.271 e. The molecule has 0 aromatic heterocycles. The van der Waals surface area contributed by atoms with Gasteiger partial charge in [0.05, 0.1) is 24.2 Å². The van der Waals surface area contributed by atoms with E-state index in [1.807, 2.05) is 13.0 Å². The summed E-state index contributed by atoms with van der Waals surface area (Å²) in [5.74, 6) is -0.921. The predicted molar refractivity (Wildman–Crippen MR) is 107 cm³/mol. The Morgan fingerprint density at radius 1 is 1.24 bits per heavy atom. The zero-order valence-corrected chi connectivity index (χ0v) is 17.2. The fourth-order valence-electron chi connectivity index (χ4n) is 3.46. The average molecular weight is 414 g/mol. The summed E-state index contributed by atoms with van der Waals surface area (Å²) in [7, 11) is -3.30. The lowest BCUT2D eigenvalue weighted by Crippen LogP contribution is -2.49. The highest BCUT2D eigenvalue weighted by molar-refractivity contribution is 7.91. The van der Waals surface area contributed by atoms with E-state index in [1.165, 1.54) is 0 Å². The van der Waals surface area contributed by atoms with Crippen molar-refractivity contribution in [2.75, 3.05) is 18.1 Å². The molecule has 1 unspecified atom stereocenters. The minimum Gasteiger partial charge on any atom is -0.494 e. The van der Waals surface area contributed by atoms with Crippen LogP contribution in [0.3, 0.4) is 0 Å². The first-order valence-electron chi connectivity index (χ1n) is 9.41. The van der Waals surface area contributed by atoms with E-state index in [1.54, 1.807) is 37.3 Å². The van der Waals surface area contributed by atoms with E-state index >= 15 is 0 Å². The molecule has 29 heavy (non-hydrogen) atoms. The SMILES string of the molecule is CCCOc1ccc(/C=C2\C(=O)N(C3CCS(=O)(=O)C3)C(=O)C(C#N)=C2C)cc1. The number of amides is 2. The van der Waals surface area contributed by atoms with Gasteiger partial charge in [-0.1, -0.05) is 19.1 Å². The maximum atomic E-state index is 13.1. The lowest BCUT2D eigenvalue weighted by atomic mass is 9.92. The Balaban J connectivity index is 1.97. The smallest absolute Gasteiger partial charge is 0.271 e. The van der Waals surface area contributed by atoms with Crippen LogP contribution in [0.25, 0.3) is 6.08 Å². The van der Waals surface area contributed by atoms with Gasteiger partial charge >= 0.3 is 0 Å². The number of ether oxygens (including phenoxy) is 1. The molecule has 1 aromatic carbocycles. The Bertz CT molecular complexity index is 1050. The molecule has 8 heteroatoms. The van der Waals surface area contributed by atoms with Crippen molar-refractivity contribution in [3.8, 4) is 11.8 Å². The van der Waals surface area contributed by atoms with E-state index in [0.29, 0.717) is 23.5 Å². The number of sulfone groups is 1. The topological polar surface area (TPSA) is 105 Å². The first-order chi connectivity index (χ1) is 13.8. The van der Waals surface area contributed by atoms with Crippen molar-refractivity contribution in [3.63, 3.8) is 0 Å². The quantitative estimate of drug-likeness (QED) is 0.541. The zero-order chi connectivity index (χ0) is 21.2. The second kappa shape index (κ2) is 8.21. The highest BCUT2D eigenvalue weighted by atomic mass is 32.2. The van der Waals surface area contributed by atoms with Crippen LogP contribution in [0.5, 0.6) is 5.75 Å². The molecule has 2 amide bonds. The van der Waals surface area contributed by atoms with Crippen LogP contribution in [-0.4, -0.2) is 49.3 Å². The summed E-state index contributed by atoms with van der Waals surface area (Å²) < 4.78 is 29.2. The Morgan fingerprint density at radius 2 is 1.93 bits per heavy atom. The summed E-state index contributed by atoms with van der Waals surface area (Å²) in [5.41, 5.74) is 1.09. The Hall–Kier alpha value is -2.92. The van der Waals surface area contributed by atoms with Crippen molar-refractivity contribution < 1.29 is 22.7 Å². The number of nitrogens with zero attached hydrogens (tertiary/aromatic N) is 2. The van der Waals surface area contributed by atoms with Crippen LogP contribution in [-0.2, 0) is 19.4 Å². The fraction of sp³-hybridized carbons (Fsp3) is 0.381. The molecule has 2 aliphatic heterocycles. The third-order valence-electron chi connectivity index (χ3n) is 5.01. The molecular weight excluding hydrogens is 392 g/mol. The van der Waals surface area contributed by atoms with E-state index in [4.69, 9.17) is 4.74 Å². The lowest BCUT2D eigenvalue weighted by molar-refractivity contribution is -0.142. The standard InChI is InChI=1S/C21H22N2O5S/c1-3-9-28-17-6-4-15(5-7-17)11-18-14(2)19(12-22)21(25)23(20(18)24)16-8-10-29(26,27)13-16/h4-7,11,16H,3,8-10,13H2,1-2H3/b18-11-. The van der Waals surface area contributed by atoms with Gasteiger partial charge in [-0.05, 0) is 49.1 Å². The van der Waals surface area contributed by atoms with Gasteiger partial charge in [-0.15, -0.1) is 0 Å². The van der Waals surface area contributed by atoms with Crippen LogP contribution < -0.4 is 4.74 Å². The molecule has 1 aromatic rings. The van der Waals surface area contributed by atoms with Crippen LogP contribution in [0, 0.1) is 11.3 Å². The molecule has 0 bridgehead atoms. The van der Waals surface area contributed by atoms with Gasteiger partial charge in [0.25, 0.3) is 11.8 Å². The number of rotatable bonds is 5. The van der Waals surface area contributed by atoms with Crippen molar-refractivity contribution in [3.05, 3.63) is 46.5 Å². The molecule has 2 heterocycles. The molecular formula is C21H22N2O5S. The summed E-state index contributed by atoms with van der Waals surface area (Å²) in [6.07, 6.45) is 2.69. The average Bonchev–Trinajstić information content (AvgIpc) is 3.04. The summed E-state index contributed by atoms with van der Waals surface area (Å²) in [6, 6.07) is 8.26. The number of hydrogen-bond acceptors (Lipinski definition) is 6. The Labute approximate surface area is 170 Å². The van der Waals surface area contributed by atoms with Gasteiger partial charge in [-0.25, -0.2) is 8.42 Å². The molecule has 0 saturated carbocycles. The van der Waals surface area contributed by atoms with E-state index in [-0.39, 0.29) is 29.1 Å². The molecule has 3 rings (SSSR count). The second-order valence-electron chi connectivity index (χ2n) is 7.12. The molecule has 2 aliphatic rings. The molecule has 0 N–H and O–H groups in total. The lowest BCUT2D eigenvalue weighted by Gasteiger charge is -2.31. The first-order valence-corrected chi connectivity index (χ1v) is 11.2. The summed E-state index contributed by atoms with van der Waals surface area (Å²) in [6.45, 7) is 4.17. The molecule has 7 nitrogen and oxygen atoms in total. The molecule has 0 radical (unpaired) electrons. The number of nitriles is 1. The largest absolute Gasteiger partial charge is 0.494 e. The first kappa shape index (κ1) is 20.8. The Morgan fingerprint density at radius 3 is 2.48 bits per heavy atom. The fourth-order valence-corrected chi connectivity index (χ4v) is 5.16. The van der Waals surface area contributed by atoms with E-state index in [9.17, 15) is 23.3 Å². The predicted octanol–water partition coefficient (Wildman–Crippen LogP) is 2.25. The van der Waals surface area contributed by atoms with Gasteiger partial charge in [0.2, 0.25) is 0 Å². The molecule has 0 aliphatic carbocycles. The van der Waals surface area contributed by atoms with Gasteiger partial charge < -0.3 is 4.74 Å². The minimum atomic E-state index is -3.30. The van der Waals surface area contributed by atoms with Gasteiger partial charge in [-0.3, -0.25) is 14.5 Å². The highest BCUT2D eigenvalue weighted by Crippen LogP contribution is 2.31. The zero-order valence-electron chi connectivity index (χ0n) is 16.3. The summed E-state index contributed by atoms with van der Waals surface area (Å²) >= 11 is 0. The summed E-state index contributed by atoms with van der Waals surface area (Å²) in [5, 5.41) is 9.46. The van der Waals surface area contributed by atoms with Crippen molar-refractivity contribution in [1.29, 1.82) is 5.26 Å². The molecule has 0 spiro atoms. The van der Waals surface area contributed by atoms with Gasteiger partial charge in [0.15, 0.2) is 9.84 Å². The minimum absolute atomic E-state index is 0.0718. The van der Waals surface area contributed by atoms with Gasteiger partial charge in [0.1, 0.15) is 17.4 Å². The molecule has 1 atom stereocenters. The normalized spacial score (nSPS) is 22.9. The number of benzene rings is 1. The maximum absolute atomic E-state index is 13.1. The third kappa shape index (κ3) is 4.25. The number of carbonyl (C=O) groups excluding carboxylic acids is 2. The van der Waals surface area contributed by atoms with Crippen LogP contribution in [0.2, 0.25) is 0 Å². The number of carbonyl (C=O) groups is 2. The van der Waals surface area contributed by atoms with Gasteiger partial charge in [0, 0.05) is 5.57 Å². The van der Waals surface area contributed by atoms with E-state index in [2.05, 4.69) is 0 Å². The van der Waals surface area contributed by atoms with Crippen molar-refractivity contribution >= 4 is 27.7 Å². The number of imide groups is 1. The second-order valence-corrected chi connectivity index (χ2v) is 9.35. The highest BCUT2D eigenvalue weighted by Gasteiger charge is 2.43.